The van der Waals surface area contributed by atoms with Gasteiger partial charge in [-0.3, -0.25) is 4.79 Å². The summed E-state index contributed by atoms with van der Waals surface area (Å²) in [5.41, 5.74) is 1.06. The van der Waals surface area contributed by atoms with Crippen LogP contribution in [-0.4, -0.2) is 30.2 Å². The number of nitrogens with one attached hydrogen (secondary N) is 1. The maximum absolute atomic E-state index is 12.0. The minimum absolute atomic E-state index is 0.00679. The highest BCUT2D eigenvalue weighted by Crippen LogP contribution is 2.34. The zero-order valence-electron chi connectivity index (χ0n) is 11.9. The van der Waals surface area contributed by atoms with Gasteiger partial charge in [-0.1, -0.05) is 12.1 Å². The average Bonchev–Trinajstić information content (AvgIpc) is 2.99. The molecule has 3 rings (SSSR count). The van der Waals surface area contributed by atoms with Gasteiger partial charge in [0, 0.05) is 18.0 Å². The molecule has 21 heavy (non-hydrogen) atoms. The highest BCUT2D eigenvalue weighted by atomic mass is 16.5. The number of carbonyl (C=O) groups is 1. The number of nitrogens with zero attached hydrogens (tertiary/aromatic N) is 1. The van der Waals surface area contributed by atoms with Gasteiger partial charge in [0.1, 0.15) is 13.2 Å². The van der Waals surface area contributed by atoms with E-state index < -0.39 is 0 Å². The molecule has 0 saturated carbocycles. The van der Waals surface area contributed by atoms with Crippen molar-refractivity contribution in [3.05, 3.63) is 48.3 Å². The second kappa shape index (κ2) is 5.91. The molecule has 5 heteroatoms. The van der Waals surface area contributed by atoms with Crippen molar-refractivity contribution in [3.63, 3.8) is 0 Å². The number of hydrogen-bond donors (Lipinski definition) is 1. The lowest BCUT2D eigenvalue weighted by Gasteiger charge is -2.27. The Kier molecular flexibility index (Phi) is 3.81. The molecule has 1 atom stereocenters. The molecule has 0 spiro atoms. The van der Waals surface area contributed by atoms with Crippen LogP contribution in [0.4, 0.5) is 0 Å². The molecule has 0 fully saturated rings. The lowest BCUT2D eigenvalue weighted by Crippen LogP contribution is -2.43. The van der Waals surface area contributed by atoms with E-state index in [1.165, 1.54) is 0 Å². The molecule has 0 aliphatic carbocycles. The van der Waals surface area contributed by atoms with Crippen LogP contribution >= 0.6 is 0 Å². The average molecular weight is 286 g/mol. The smallest absolute Gasteiger partial charge is 0.240 e. The van der Waals surface area contributed by atoms with Gasteiger partial charge in [-0.25, -0.2) is 0 Å². The third kappa shape index (κ3) is 3.02. The third-order valence-electron chi connectivity index (χ3n) is 3.53. The molecule has 1 N–H and O–H groups in total. The van der Waals surface area contributed by atoms with Gasteiger partial charge in [-0.15, -0.1) is 0 Å². The summed E-state index contributed by atoms with van der Waals surface area (Å²) in [6, 6.07) is 9.61. The van der Waals surface area contributed by atoms with E-state index in [-0.39, 0.29) is 11.9 Å². The number of carbonyl (C=O) groups excluding carboxylic acids is 1. The second-order valence-electron chi connectivity index (χ2n) is 5.08. The summed E-state index contributed by atoms with van der Waals surface area (Å²) >= 11 is 0. The first-order valence-electron chi connectivity index (χ1n) is 6.95. The summed E-state index contributed by atoms with van der Waals surface area (Å²) in [5.74, 6) is 1.52. The summed E-state index contributed by atoms with van der Waals surface area (Å²) in [6.07, 6.45) is 4.50. The third-order valence-corrected chi connectivity index (χ3v) is 3.53. The van der Waals surface area contributed by atoms with Crippen molar-refractivity contribution >= 4 is 5.91 Å². The number of aromatic nitrogens is 1. The fourth-order valence-electron chi connectivity index (χ4n) is 2.56. The highest BCUT2D eigenvalue weighted by Gasteiger charge is 2.23. The number of para-hydroxylation sites is 1. The van der Waals surface area contributed by atoms with Crippen molar-refractivity contribution in [2.75, 3.05) is 13.7 Å². The van der Waals surface area contributed by atoms with Gasteiger partial charge in [0.25, 0.3) is 0 Å². The van der Waals surface area contributed by atoms with Gasteiger partial charge in [-0.05, 0) is 24.6 Å². The number of ether oxygens (including phenoxy) is 2. The van der Waals surface area contributed by atoms with E-state index in [1.54, 1.807) is 7.11 Å². The van der Waals surface area contributed by atoms with Gasteiger partial charge < -0.3 is 19.4 Å². The first-order valence-corrected chi connectivity index (χ1v) is 6.95. The van der Waals surface area contributed by atoms with E-state index in [0.717, 1.165) is 23.5 Å². The molecular weight excluding hydrogens is 268 g/mol. The standard InChI is InChI=1S/C16H18N2O3/c1-20-14-6-4-5-12-9-13(11-21-16(12)14)17-15(19)10-18-7-2-3-8-18/h2-8,13H,9-11H2,1H3,(H,17,19). The highest BCUT2D eigenvalue weighted by molar-refractivity contribution is 5.76. The number of rotatable bonds is 4. The summed E-state index contributed by atoms with van der Waals surface area (Å²) < 4.78 is 12.9. The first kappa shape index (κ1) is 13.5. The molecule has 1 aliphatic rings. The largest absolute Gasteiger partial charge is 0.493 e. The molecule has 2 aromatic rings. The van der Waals surface area contributed by atoms with E-state index in [9.17, 15) is 4.79 Å². The molecule has 0 bridgehead atoms. The van der Waals surface area contributed by atoms with Crippen LogP contribution in [0.3, 0.4) is 0 Å². The predicted molar refractivity (Wildman–Crippen MR) is 78.6 cm³/mol. The minimum Gasteiger partial charge on any atom is -0.493 e. The van der Waals surface area contributed by atoms with E-state index in [2.05, 4.69) is 5.32 Å². The van der Waals surface area contributed by atoms with Gasteiger partial charge in [0.15, 0.2) is 11.5 Å². The Bertz CT molecular complexity index is 622. The van der Waals surface area contributed by atoms with Crippen LogP contribution < -0.4 is 14.8 Å². The van der Waals surface area contributed by atoms with Crippen molar-refractivity contribution in [1.82, 2.24) is 9.88 Å². The van der Waals surface area contributed by atoms with Crippen LogP contribution in [0.15, 0.2) is 42.7 Å². The van der Waals surface area contributed by atoms with Crippen LogP contribution in [0.1, 0.15) is 5.56 Å². The van der Waals surface area contributed by atoms with Crippen LogP contribution in [0.5, 0.6) is 11.5 Å². The zero-order chi connectivity index (χ0) is 14.7. The molecular formula is C16H18N2O3. The van der Waals surface area contributed by atoms with Crippen molar-refractivity contribution in [1.29, 1.82) is 0 Å². The number of fused-ring (bicyclic) bond motifs is 1. The number of hydrogen-bond acceptors (Lipinski definition) is 3. The molecule has 0 saturated heterocycles. The number of methoxy groups -OCH3 is 1. The SMILES string of the molecule is COc1cccc2c1OCC(NC(=O)Cn1cccc1)C2. The molecule has 110 valence electrons. The van der Waals surface area contributed by atoms with E-state index in [1.807, 2.05) is 47.3 Å². The summed E-state index contributed by atoms with van der Waals surface area (Å²) in [4.78, 5) is 12.0. The van der Waals surface area contributed by atoms with Gasteiger partial charge in [-0.2, -0.15) is 0 Å². The molecule has 1 unspecified atom stereocenters. The number of amides is 1. The van der Waals surface area contributed by atoms with Gasteiger partial charge in [0.05, 0.1) is 13.2 Å². The predicted octanol–water partition coefficient (Wildman–Crippen LogP) is 1.62. The Labute approximate surface area is 123 Å². The second-order valence-corrected chi connectivity index (χ2v) is 5.08. The summed E-state index contributed by atoms with van der Waals surface area (Å²) in [6.45, 7) is 0.791. The zero-order valence-corrected chi connectivity index (χ0v) is 11.9. The summed E-state index contributed by atoms with van der Waals surface area (Å²) in [5, 5.41) is 3.01. The van der Waals surface area contributed by atoms with Crippen molar-refractivity contribution in [2.45, 2.75) is 19.0 Å². The van der Waals surface area contributed by atoms with Crippen molar-refractivity contribution in [2.24, 2.45) is 0 Å². The monoisotopic (exact) mass is 286 g/mol. The number of benzene rings is 1. The molecule has 1 aromatic heterocycles. The topological polar surface area (TPSA) is 52.5 Å². The summed E-state index contributed by atoms with van der Waals surface area (Å²) in [7, 11) is 1.63. The van der Waals surface area contributed by atoms with Crippen molar-refractivity contribution < 1.29 is 14.3 Å². The van der Waals surface area contributed by atoms with Crippen LogP contribution in [0.25, 0.3) is 0 Å². The van der Waals surface area contributed by atoms with Crippen LogP contribution in [0.2, 0.25) is 0 Å². The fourth-order valence-corrected chi connectivity index (χ4v) is 2.56. The minimum atomic E-state index is -0.00820. The van der Waals surface area contributed by atoms with Gasteiger partial charge >= 0.3 is 0 Å². The molecule has 1 aliphatic heterocycles. The Balaban J connectivity index is 1.62. The maximum atomic E-state index is 12.0. The Morgan fingerprint density at radius 1 is 1.38 bits per heavy atom. The van der Waals surface area contributed by atoms with E-state index in [4.69, 9.17) is 9.47 Å². The Morgan fingerprint density at radius 2 is 2.19 bits per heavy atom. The molecule has 2 heterocycles. The lowest BCUT2D eigenvalue weighted by molar-refractivity contribution is -0.122. The Morgan fingerprint density at radius 3 is 2.95 bits per heavy atom. The molecule has 1 amide bonds. The van der Waals surface area contributed by atoms with E-state index >= 15 is 0 Å². The van der Waals surface area contributed by atoms with Crippen LogP contribution in [-0.2, 0) is 17.8 Å². The Hall–Kier alpha value is -2.43. The quantitative estimate of drug-likeness (QED) is 0.929. The first-order chi connectivity index (χ1) is 10.3. The fraction of sp³-hybridized carbons (Fsp3) is 0.312. The van der Waals surface area contributed by atoms with Gasteiger partial charge in [0.2, 0.25) is 5.91 Å². The lowest BCUT2D eigenvalue weighted by atomic mass is 10.0. The van der Waals surface area contributed by atoms with Crippen molar-refractivity contribution in [3.8, 4) is 11.5 Å². The molecule has 1 aromatic carbocycles. The van der Waals surface area contributed by atoms with Crippen LogP contribution in [0, 0.1) is 0 Å². The molecule has 5 nitrogen and oxygen atoms in total. The molecule has 0 radical (unpaired) electrons. The normalized spacial score (nSPS) is 16.7. The maximum Gasteiger partial charge on any atom is 0.240 e. The van der Waals surface area contributed by atoms with E-state index in [0.29, 0.717) is 13.2 Å².